The van der Waals surface area contributed by atoms with Crippen molar-refractivity contribution in [3.63, 3.8) is 0 Å². The fourth-order valence-electron chi connectivity index (χ4n) is 1.65. The van der Waals surface area contributed by atoms with E-state index in [1.54, 1.807) is 16.7 Å². The molecule has 1 fully saturated rings. The van der Waals surface area contributed by atoms with Crippen LogP contribution < -0.4 is 10.2 Å². The van der Waals surface area contributed by atoms with Crippen molar-refractivity contribution in [1.82, 2.24) is 5.32 Å². The van der Waals surface area contributed by atoms with E-state index in [-0.39, 0.29) is 6.03 Å². The normalized spacial score (nSPS) is 16.3. The number of anilines is 1. The number of thioether (sulfide) groups is 1. The first kappa shape index (κ1) is 10.4. The zero-order valence-corrected chi connectivity index (χ0v) is 9.51. The summed E-state index contributed by atoms with van der Waals surface area (Å²) in [5.41, 5.74) is 0.985. The summed E-state index contributed by atoms with van der Waals surface area (Å²) >= 11 is 1.69. The van der Waals surface area contributed by atoms with Crippen molar-refractivity contribution in [2.24, 2.45) is 0 Å². The molecule has 2 rings (SSSR count). The molecule has 0 aliphatic carbocycles. The van der Waals surface area contributed by atoms with E-state index in [0.717, 1.165) is 25.2 Å². The summed E-state index contributed by atoms with van der Waals surface area (Å²) in [6, 6.07) is 8.08. The van der Waals surface area contributed by atoms with Gasteiger partial charge in [0.2, 0.25) is 0 Å². The summed E-state index contributed by atoms with van der Waals surface area (Å²) in [6.07, 6.45) is 3.05. The van der Waals surface area contributed by atoms with E-state index in [0.29, 0.717) is 0 Å². The van der Waals surface area contributed by atoms with E-state index >= 15 is 0 Å². The van der Waals surface area contributed by atoms with E-state index in [1.165, 1.54) is 4.90 Å². The van der Waals surface area contributed by atoms with Crippen molar-refractivity contribution in [3.8, 4) is 0 Å². The van der Waals surface area contributed by atoms with Crippen molar-refractivity contribution < 1.29 is 4.79 Å². The van der Waals surface area contributed by atoms with Gasteiger partial charge >= 0.3 is 6.03 Å². The largest absolute Gasteiger partial charge is 0.338 e. The van der Waals surface area contributed by atoms with Gasteiger partial charge in [-0.3, -0.25) is 4.90 Å². The molecule has 4 heteroatoms. The average molecular weight is 222 g/mol. The highest BCUT2D eigenvalue weighted by Crippen LogP contribution is 2.23. The number of carbonyl (C=O) groups is 1. The van der Waals surface area contributed by atoms with Gasteiger partial charge in [0.25, 0.3) is 0 Å². The predicted molar refractivity (Wildman–Crippen MR) is 63.6 cm³/mol. The van der Waals surface area contributed by atoms with Gasteiger partial charge in [0.1, 0.15) is 0 Å². The number of amides is 2. The minimum absolute atomic E-state index is 0.0134. The van der Waals surface area contributed by atoms with Crippen molar-refractivity contribution in [2.75, 3.05) is 24.2 Å². The first-order chi connectivity index (χ1) is 7.31. The Morgan fingerprint density at radius 2 is 2.33 bits per heavy atom. The SMILES string of the molecule is CSc1cccc(N2CCCNC2=O)c1. The van der Waals surface area contributed by atoms with Crippen LogP contribution in [0.25, 0.3) is 0 Å². The summed E-state index contributed by atoms with van der Waals surface area (Å²) in [7, 11) is 0. The van der Waals surface area contributed by atoms with Gasteiger partial charge in [0.15, 0.2) is 0 Å². The molecule has 0 atom stereocenters. The zero-order valence-electron chi connectivity index (χ0n) is 8.69. The number of carbonyl (C=O) groups excluding carboxylic acids is 1. The lowest BCUT2D eigenvalue weighted by atomic mass is 10.2. The molecule has 80 valence electrons. The molecule has 0 radical (unpaired) electrons. The molecule has 0 saturated carbocycles. The molecular formula is C11H14N2OS. The van der Waals surface area contributed by atoms with Crippen molar-refractivity contribution in [3.05, 3.63) is 24.3 Å². The van der Waals surface area contributed by atoms with Crippen LogP contribution in [0.5, 0.6) is 0 Å². The Kier molecular flexibility index (Phi) is 3.16. The van der Waals surface area contributed by atoms with E-state index in [2.05, 4.69) is 17.4 Å². The lowest BCUT2D eigenvalue weighted by Gasteiger charge is -2.27. The molecule has 0 aromatic heterocycles. The summed E-state index contributed by atoms with van der Waals surface area (Å²) in [4.78, 5) is 14.6. The van der Waals surface area contributed by atoms with Gasteiger partial charge in [0.05, 0.1) is 0 Å². The number of benzene rings is 1. The number of nitrogens with one attached hydrogen (secondary N) is 1. The maximum atomic E-state index is 11.6. The van der Waals surface area contributed by atoms with Crippen LogP contribution in [0.1, 0.15) is 6.42 Å². The topological polar surface area (TPSA) is 32.3 Å². The van der Waals surface area contributed by atoms with E-state index < -0.39 is 0 Å². The fourth-order valence-corrected chi connectivity index (χ4v) is 2.11. The standard InChI is InChI=1S/C11H14N2OS/c1-15-10-5-2-4-9(8-10)13-7-3-6-12-11(13)14/h2,4-5,8H,3,6-7H2,1H3,(H,12,14). The van der Waals surface area contributed by atoms with Gasteiger partial charge in [-0.2, -0.15) is 0 Å². The Morgan fingerprint density at radius 3 is 3.07 bits per heavy atom. The van der Waals surface area contributed by atoms with Gasteiger partial charge in [-0.25, -0.2) is 4.79 Å². The van der Waals surface area contributed by atoms with Crippen LogP contribution in [0, 0.1) is 0 Å². The van der Waals surface area contributed by atoms with Crippen LogP contribution in [0.3, 0.4) is 0 Å². The van der Waals surface area contributed by atoms with Crippen molar-refractivity contribution in [1.29, 1.82) is 0 Å². The van der Waals surface area contributed by atoms with E-state index in [4.69, 9.17) is 0 Å². The number of nitrogens with zero attached hydrogens (tertiary/aromatic N) is 1. The Hall–Kier alpha value is -1.16. The van der Waals surface area contributed by atoms with Gasteiger partial charge < -0.3 is 5.32 Å². The molecule has 1 N–H and O–H groups in total. The van der Waals surface area contributed by atoms with Crippen LogP contribution >= 0.6 is 11.8 Å². The maximum absolute atomic E-state index is 11.6. The number of hydrogen-bond acceptors (Lipinski definition) is 2. The van der Waals surface area contributed by atoms with Gasteiger partial charge in [-0.1, -0.05) is 6.07 Å². The second-order valence-corrected chi connectivity index (χ2v) is 4.32. The quantitative estimate of drug-likeness (QED) is 0.779. The van der Waals surface area contributed by atoms with Gasteiger partial charge in [-0.05, 0) is 30.9 Å². The summed E-state index contributed by atoms with van der Waals surface area (Å²) < 4.78 is 0. The van der Waals surface area contributed by atoms with Crippen LogP contribution in [0.4, 0.5) is 10.5 Å². The third-order valence-corrected chi connectivity index (χ3v) is 3.17. The number of urea groups is 1. The summed E-state index contributed by atoms with van der Waals surface area (Å²) in [5, 5.41) is 2.85. The summed E-state index contributed by atoms with van der Waals surface area (Å²) in [6.45, 7) is 1.60. The van der Waals surface area contributed by atoms with E-state index in [9.17, 15) is 4.79 Å². The third kappa shape index (κ3) is 2.26. The first-order valence-corrected chi connectivity index (χ1v) is 6.23. The molecule has 15 heavy (non-hydrogen) atoms. The minimum Gasteiger partial charge on any atom is -0.338 e. The first-order valence-electron chi connectivity index (χ1n) is 5.00. The Morgan fingerprint density at radius 1 is 1.47 bits per heavy atom. The molecule has 1 aromatic carbocycles. The van der Waals surface area contributed by atoms with Crippen LogP contribution in [0.2, 0.25) is 0 Å². The molecule has 1 aliphatic rings. The van der Waals surface area contributed by atoms with E-state index in [1.807, 2.05) is 18.4 Å². The lowest BCUT2D eigenvalue weighted by Crippen LogP contribution is -2.46. The molecule has 0 spiro atoms. The van der Waals surface area contributed by atoms with Gasteiger partial charge in [-0.15, -0.1) is 11.8 Å². The molecule has 0 unspecified atom stereocenters. The minimum atomic E-state index is 0.0134. The Labute approximate surface area is 93.8 Å². The average Bonchev–Trinajstić information content (AvgIpc) is 2.30. The molecule has 1 aliphatic heterocycles. The second kappa shape index (κ2) is 4.57. The highest BCUT2D eigenvalue weighted by Gasteiger charge is 2.18. The van der Waals surface area contributed by atoms with Crippen LogP contribution in [-0.2, 0) is 0 Å². The van der Waals surface area contributed by atoms with Crippen molar-refractivity contribution in [2.45, 2.75) is 11.3 Å². The third-order valence-electron chi connectivity index (χ3n) is 2.44. The maximum Gasteiger partial charge on any atom is 0.321 e. The smallest absolute Gasteiger partial charge is 0.321 e. The predicted octanol–water partition coefficient (Wildman–Crippen LogP) is 2.33. The molecule has 2 amide bonds. The molecule has 0 bridgehead atoms. The number of hydrogen-bond donors (Lipinski definition) is 1. The molecule has 3 nitrogen and oxygen atoms in total. The molecule has 1 heterocycles. The monoisotopic (exact) mass is 222 g/mol. The Balaban J connectivity index is 2.23. The van der Waals surface area contributed by atoms with Crippen LogP contribution in [0.15, 0.2) is 29.2 Å². The summed E-state index contributed by atoms with van der Waals surface area (Å²) in [5.74, 6) is 0. The Bertz CT molecular complexity index is 367. The lowest BCUT2D eigenvalue weighted by molar-refractivity contribution is 0.243. The highest BCUT2D eigenvalue weighted by atomic mass is 32.2. The molecule has 1 aromatic rings. The second-order valence-electron chi connectivity index (χ2n) is 3.44. The van der Waals surface area contributed by atoms with Crippen molar-refractivity contribution >= 4 is 23.5 Å². The van der Waals surface area contributed by atoms with Crippen LogP contribution in [-0.4, -0.2) is 25.4 Å². The zero-order chi connectivity index (χ0) is 10.7. The molecule has 1 saturated heterocycles. The number of rotatable bonds is 2. The fraction of sp³-hybridized carbons (Fsp3) is 0.364. The highest BCUT2D eigenvalue weighted by molar-refractivity contribution is 7.98. The van der Waals surface area contributed by atoms with Gasteiger partial charge in [0, 0.05) is 23.7 Å². The molecular weight excluding hydrogens is 208 g/mol.